The minimum absolute atomic E-state index is 0.102. The van der Waals surface area contributed by atoms with Gasteiger partial charge in [-0.25, -0.2) is 18.9 Å². The molecule has 3 aromatic rings. The van der Waals surface area contributed by atoms with Crippen molar-refractivity contribution in [3.63, 3.8) is 0 Å². The zero-order valence-corrected chi connectivity index (χ0v) is 21.2. The lowest BCUT2D eigenvalue weighted by Gasteiger charge is -2.26. The van der Waals surface area contributed by atoms with Crippen LogP contribution in [0.2, 0.25) is 0 Å². The molecule has 0 aromatic heterocycles. The molecule has 3 aromatic carbocycles. The summed E-state index contributed by atoms with van der Waals surface area (Å²) in [6.07, 6.45) is 1.34. The van der Waals surface area contributed by atoms with Crippen LogP contribution in [0.1, 0.15) is 35.3 Å². The van der Waals surface area contributed by atoms with E-state index in [-0.39, 0.29) is 35.9 Å². The third-order valence-corrected chi connectivity index (χ3v) is 5.60. The molecule has 39 heavy (non-hydrogen) atoms. The molecule has 0 aliphatic carbocycles. The van der Waals surface area contributed by atoms with Crippen molar-refractivity contribution in [1.29, 1.82) is 0 Å². The summed E-state index contributed by atoms with van der Waals surface area (Å²) in [6, 6.07) is 15.6. The van der Waals surface area contributed by atoms with Gasteiger partial charge in [0.2, 0.25) is 0 Å². The molecule has 1 aliphatic heterocycles. The molecule has 0 bridgehead atoms. The van der Waals surface area contributed by atoms with Crippen LogP contribution in [0.25, 0.3) is 6.08 Å². The Labute approximate surface area is 223 Å². The van der Waals surface area contributed by atoms with E-state index in [1.807, 2.05) is 0 Å². The van der Waals surface area contributed by atoms with Crippen LogP contribution in [0, 0.1) is 5.82 Å². The molecular weight excluding hydrogens is 507 g/mol. The van der Waals surface area contributed by atoms with Gasteiger partial charge in [-0.2, -0.15) is 0 Å². The van der Waals surface area contributed by atoms with Crippen LogP contribution in [0.3, 0.4) is 0 Å². The van der Waals surface area contributed by atoms with Crippen molar-refractivity contribution in [2.45, 2.75) is 20.5 Å². The standard InChI is InChI=1S/C29H25FN2O7/c1-3-37-25-16-18(8-13-24(25)39-17-19-6-5-7-21(30)14-19)15-23-26(33)31-29(36)32(27(23)34)22-11-9-20(10-12-22)28(35)38-4-2/h5-16H,3-4,17H2,1-2H3,(H,31,33,36)/b23-15+. The van der Waals surface area contributed by atoms with Gasteiger partial charge in [0.25, 0.3) is 11.8 Å². The quantitative estimate of drug-likeness (QED) is 0.243. The van der Waals surface area contributed by atoms with Gasteiger partial charge in [0.05, 0.1) is 24.5 Å². The predicted octanol–water partition coefficient (Wildman–Crippen LogP) is 4.65. The van der Waals surface area contributed by atoms with E-state index in [1.165, 1.54) is 42.5 Å². The topological polar surface area (TPSA) is 111 Å². The van der Waals surface area contributed by atoms with E-state index in [4.69, 9.17) is 14.2 Å². The number of amides is 4. The monoisotopic (exact) mass is 532 g/mol. The van der Waals surface area contributed by atoms with Crippen LogP contribution >= 0.6 is 0 Å². The smallest absolute Gasteiger partial charge is 0.338 e. The summed E-state index contributed by atoms with van der Waals surface area (Å²) in [4.78, 5) is 51.1. The number of carbonyl (C=O) groups excluding carboxylic acids is 4. The van der Waals surface area contributed by atoms with E-state index in [2.05, 4.69) is 5.32 Å². The highest BCUT2D eigenvalue weighted by molar-refractivity contribution is 6.39. The van der Waals surface area contributed by atoms with Crippen LogP contribution in [0.5, 0.6) is 11.5 Å². The van der Waals surface area contributed by atoms with Crippen molar-refractivity contribution < 1.29 is 37.8 Å². The number of halogens is 1. The van der Waals surface area contributed by atoms with E-state index in [0.717, 1.165) is 4.90 Å². The number of hydrogen-bond acceptors (Lipinski definition) is 7. The van der Waals surface area contributed by atoms with E-state index in [0.29, 0.717) is 29.2 Å². The molecule has 0 radical (unpaired) electrons. The Hall–Kier alpha value is -4.99. The highest BCUT2D eigenvalue weighted by atomic mass is 19.1. The number of urea groups is 1. The zero-order valence-electron chi connectivity index (χ0n) is 21.2. The van der Waals surface area contributed by atoms with Crippen LogP contribution in [-0.4, -0.2) is 37.0 Å². The second kappa shape index (κ2) is 12.0. The van der Waals surface area contributed by atoms with Gasteiger partial charge in [-0.3, -0.25) is 14.9 Å². The molecule has 200 valence electrons. The summed E-state index contributed by atoms with van der Waals surface area (Å²) < 4.78 is 29.9. The molecule has 1 fully saturated rings. The molecule has 1 heterocycles. The maximum Gasteiger partial charge on any atom is 0.338 e. The number of esters is 1. The zero-order chi connectivity index (χ0) is 27.9. The number of ether oxygens (including phenoxy) is 3. The van der Waals surface area contributed by atoms with Gasteiger partial charge in [-0.15, -0.1) is 0 Å². The maximum atomic E-state index is 13.5. The fraction of sp³-hybridized carbons (Fsp3) is 0.172. The Balaban J connectivity index is 1.58. The average Bonchev–Trinajstić information content (AvgIpc) is 2.91. The number of barbiturate groups is 1. The number of anilines is 1. The average molecular weight is 533 g/mol. The Morgan fingerprint density at radius 1 is 0.923 bits per heavy atom. The molecule has 0 atom stereocenters. The summed E-state index contributed by atoms with van der Waals surface area (Å²) in [5, 5.41) is 2.16. The summed E-state index contributed by atoms with van der Waals surface area (Å²) >= 11 is 0. The maximum absolute atomic E-state index is 13.5. The van der Waals surface area contributed by atoms with Crippen molar-refractivity contribution in [3.8, 4) is 11.5 Å². The summed E-state index contributed by atoms with van der Waals surface area (Å²) in [7, 11) is 0. The lowest BCUT2D eigenvalue weighted by molar-refractivity contribution is -0.122. The third kappa shape index (κ3) is 6.30. The van der Waals surface area contributed by atoms with Crippen molar-refractivity contribution in [2.24, 2.45) is 0 Å². The Bertz CT molecular complexity index is 1450. The Morgan fingerprint density at radius 2 is 1.69 bits per heavy atom. The van der Waals surface area contributed by atoms with Crippen LogP contribution in [0.15, 0.2) is 72.3 Å². The number of nitrogens with zero attached hydrogens (tertiary/aromatic N) is 1. The first-order chi connectivity index (χ1) is 18.8. The first-order valence-corrected chi connectivity index (χ1v) is 12.1. The van der Waals surface area contributed by atoms with Gasteiger partial charge in [0.15, 0.2) is 11.5 Å². The molecule has 0 spiro atoms. The van der Waals surface area contributed by atoms with Gasteiger partial charge in [-0.1, -0.05) is 18.2 Å². The van der Waals surface area contributed by atoms with Crippen LogP contribution in [0.4, 0.5) is 14.9 Å². The van der Waals surface area contributed by atoms with Crippen molar-refractivity contribution in [3.05, 3.63) is 94.8 Å². The minimum Gasteiger partial charge on any atom is -0.490 e. The number of carbonyl (C=O) groups is 4. The third-order valence-electron chi connectivity index (χ3n) is 5.60. The SMILES string of the molecule is CCOC(=O)c1ccc(N2C(=O)NC(=O)/C(=C\c3ccc(OCc4cccc(F)c4)c(OCC)c3)C2=O)cc1. The van der Waals surface area contributed by atoms with Crippen LogP contribution in [-0.2, 0) is 20.9 Å². The second-order valence-corrected chi connectivity index (χ2v) is 8.28. The number of hydrogen-bond donors (Lipinski definition) is 1. The van der Waals surface area contributed by atoms with Crippen LogP contribution < -0.4 is 19.7 Å². The first kappa shape index (κ1) is 27.1. The highest BCUT2D eigenvalue weighted by Crippen LogP contribution is 2.31. The molecule has 1 saturated heterocycles. The number of benzene rings is 3. The van der Waals surface area contributed by atoms with Crippen molar-refractivity contribution in [1.82, 2.24) is 5.32 Å². The van der Waals surface area contributed by atoms with Crippen molar-refractivity contribution >= 4 is 35.6 Å². The van der Waals surface area contributed by atoms with Gasteiger partial charge in [0.1, 0.15) is 18.0 Å². The lowest BCUT2D eigenvalue weighted by atomic mass is 10.1. The molecule has 0 unspecified atom stereocenters. The predicted molar refractivity (Wildman–Crippen MR) is 140 cm³/mol. The van der Waals surface area contributed by atoms with Gasteiger partial charge < -0.3 is 14.2 Å². The number of nitrogens with one attached hydrogen (secondary N) is 1. The molecule has 10 heteroatoms. The van der Waals surface area contributed by atoms with E-state index < -0.39 is 23.8 Å². The number of imide groups is 2. The second-order valence-electron chi connectivity index (χ2n) is 8.28. The molecular formula is C29H25FN2O7. The Kier molecular flexibility index (Phi) is 8.35. The van der Waals surface area contributed by atoms with E-state index in [9.17, 15) is 23.6 Å². The van der Waals surface area contributed by atoms with E-state index in [1.54, 1.807) is 44.2 Å². The Morgan fingerprint density at radius 3 is 2.38 bits per heavy atom. The summed E-state index contributed by atoms with van der Waals surface area (Å²) in [6.45, 7) is 4.09. The first-order valence-electron chi connectivity index (χ1n) is 12.1. The molecule has 1 N–H and O–H groups in total. The normalized spacial score (nSPS) is 14.3. The summed E-state index contributed by atoms with van der Waals surface area (Å²) in [5.41, 5.74) is 1.22. The fourth-order valence-corrected chi connectivity index (χ4v) is 3.81. The molecule has 1 aliphatic rings. The number of rotatable bonds is 9. The molecule has 0 saturated carbocycles. The van der Waals surface area contributed by atoms with Gasteiger partial charge in [0, 0.05) is 0 Å². The van der Waals surface area contributed by atoms with Gasteiger partial charge >= 0.3 is 12.0 Å². The molecule has 9 nitrogen and oxygen atoms in total. The summed E-state index contributed by atoms with van der Waals surface area (Å²) in [5.74, 6) is -1.86. The molecule has 4 rings (SSSR count). The molecule has 4 amide bonds. The fourth-order valence-electron chi connectivity index (χ4n) is 3.81. The highest BCUT2D eigenvalue weighted by Gasteiger charge is 2.37. The largest absolute Gasteiger partial charge is 0.490 e. The van der Waals surface area contributed by atoms with E-state index >= 15 is 0 Å². The van der Waals surface area contributed by atoms with Gasteiger partial charge in [-0.05, 0) is 79.6 Å². The van der Waals surface area contributed by atoms with Crippen molar-refractivity contribution in [2.75, 3.05) is 18.1 Å². The lowest BCUT2D eigenvalue weighted by Crippen LogP contribution is -2.54. The minimum atomic E-state index is -0.915.